The first-order chi connectivity index (χ1) is 12.7. The van der Waals surface area contributed by atoms with E-state index in [0.29, 0.717) is 16.6 Å². The highest BCUT2D eigenvalue weighted by Gasteiger charge is 2.18. The predicted molar refractivity (Wildman–Crippen MR) is 103 cm³/mol. The van der Waals surface area contributed by atoms with Crippen molar-refractivity contribution in [3.8, 4) is 5.69 Å². The highest BCUT2D eigenvalue weighted by atomic mass is 32.1. The molecule has 6 nitrogen and oxygen atoms in total. The highest BCUT2D eigenvalue weighted by Crippen LogP contribution is 2.31. The molecule has 0 radical (unpaired) electrons. The van der Waals surface area contributed by atoms with Crippen LogP contribution in [0, 0.1) is 6.92 Å². The summed E-state index contributed by atoms with van der Waals surface area (Å²) < 4.78 is 1.79. The highest BCUT2D eigenvalue weighted by molar-refractivity contribution is 7.15. The fraction of sp³-hybridized carbons (Fsp3) is 0.316. The van der Waals surface area contributed by atoms with Gasteiger partial charge in [-0.15, -0.1) is 11.3 Å². The fourth-order valence-electron chi connectivity index (χ4n) is 3.13. The van der Waals surface area contributed by atoms with E-state index < -0.39 is 0 Å². The van der Waals surface area contributed by atoms with Gasteiger partial charge in [0, 0.05) is 22.8 Å². The van der Waals surface area contributed by atoms with Gasteiger partial charge >= 0.3 is 0 Å². The number of nitrogens with one attached hydrogen (secondary N) is 2. The lowest BCUT2D eigenvalue weighted by atomic mass is 9.97. The molecular formula is C19H21N5OS. The van der Waals surface area contributed by atoms with Crippen molar-refractivity contribution < 1.29 is 4.79 Å². The van der Waals surface area contributed by atoms with Crippen LogP contribution >= 0.6 is 11.3 Å². The average molecular weight is 367 g/mol. The number of thiazole rings is 1. The zero-order valence-corrected chi connectivity index (χ0v) is 15.4. The summed E-state index contributed by atoms with van der Waals surface area (Å²) in [6.45, 7) is 4.04. The Morgan fingerprint density at radius 1 is 1.23 bits per heavy atom. The maximum atomic E-state index is 12.5. The quantitative estimate of drug-likeness (QED) is 0.742. The van der Waals surface area contributed by atoms with E-state index >= 15 is 0 Å². The van der Waals surface area contributed by atoms with Crippen molar-refractivity contribution in [2.75, 3.05) is 18.4 Å². The number of anilines is 1. The molecule has 7 heteroatoms. The zero-order chi connectivity index (χ0) is 17.9. The number of rotatable bonds is 4. The van der Waals surface area contributed by atoms with Gasteiger partial charge in [0.2, 0.25) is 0 Å². The summed E-state index contributed by atoms with van der Waals surface area (Å²) in [5.74, 6) is 0.413. The van der Waals surface area contributed by atoms with Crippen LogP contribution in [0.15, 0.2) is 42.7 Å². The van der Waals surface area contributed by atoms with E-state index in [1.807, 2.05) is 49.6 Å². The molecule has 3 aromatic rings. The Labute approximate surface area is 156 Å². The minimum Gasteiger partial charge on any atom is -0.317 e. The molecule has 0 bridgehead atoms. The molecular weight excluding hydrogens is 346 g/mol. The SMILES string of the molecule is Cc1ccn(-c2ccc(C(=O)Nc3ncc(C4CCNCC4)s3)cc2)n1. The maximum absolute atomic E-state index is 12.5. The predicted octanol–water partition coefficient (Wildman–Crippen LogP) is 3.36. The molecule has 0 aliphatic carbocycles. The van der Waals surface area contributed by atoms with Crippen molar-refractivity contribution in [3.63, 3.8) is 0 Å². The number of carbonyl (C=O) groups is 1. The number of amides is 1. The standard InChI is InChI=1S/C19H21N5OS/c1-13-8-11-24(23-13)16-4-2-15(3-5-16)18(25)22-19-21-12-17(26-19)14-6-9-20-10-7-14/h2-5,8,11-12,14,20H,6-7,9-10H2,1H3,(H,21,22,25). The third-order valence-corrected chi connectivity index (χ3v) is 5.68. The first-order valence-corrected chi connectivity index (χ1v) is 9.61. The Kier molecular flexibility index (Phi) is 4.81. The topological polar surface area (TPSA) is 71.8 Å². The molecule has 1 aliphatic rings. The van der Waals surface area contributed by atoms with Crippen LogP contribution in [0.4, 0.5) is 5.13 Å². The first-order valence-electron chi connectivity index (χ1n) is 8.79. The van der Waals surface area contributed by atoms with Crippen LogP contribution in [0.3, 0.4) is 0 Å². The van der Waals surface area contributed by atoms with E-state index in [1.54, 1.807) is 16.0 Å². The first kappa shape index (κ1) is 16.9. The van der Waals surface area contributed by atoms with Crippen LogP contribution in [0.1, 0.15) is 39.7 Å². The van der Waals surface area contributed by atoms with Crippen molar-refractivity contribution in [1.29, 1.82) is 0 Å². The van der Waals surface area contributed by atoms with Gasteiger partial charge in [0.25, 0.3) is 5.91 Å². The molecule has 0 spiro atoms. The van der Waals surface area contributed by atoms with Crippen LogP contribution in [0.5, 0.6) is 0 Å². The average Bonchev–Trinajstić information content (AvgIpc) is 3.32. The Morgan fingerprint density at radius 3 is 2.69 bits per heavy atom. The summed E-state index contributed by atoms with van der Waals surface area (Å²) in [5.41, 5.74) is 2.49. The smallest absolute Gasteiger partial charge is 0.257 e. The van der Waals surface area contributed by atoms with Gasteiger partial charge in [-0.05, 0) is 69.1 Å². The Morgan fingerprint density at radius 2 is 2.00 bits per heavy atom. The van der Waals surface area contributed by atoms with Crippen molar-refractivity contribution in [1.82, 2.24) is 20.1 Å². The van der Waals surface area contributed by atoms with Crippen molar-refractivity contribution in [2.45, 2.75) is 25.7 Å². The largest absolute Gasteiger partial charge is 0.317 e. The van der Waals surface area contributed by atoms with Gasteiger partial charge in [-0.1, -0.05) is 0 Å². The van der Waals surface area contributed by atoms with Crippen molar-refractivity contribution >= 4 is 22.4 Å². The van der Waals surface area contributed by atoms with E-state index in [1.165, 1.54) is 4.88 Å². The summed E-state index contributed by atoms with van der Waals surface area (Å²) in [7, 11) is 0. The number of piperidine rings is 1. The number of hydrogen-bond acceptors (Lipinski definition) is 5. The second kappa shape index (κ2) is 7.39. The Bertz CT molecular complexity index is 893. The van der Waals surface area contributed by atoms with Gasteiger partial charge in [-0.2, -0.15) is 5.10 Å². The van der Waals surface area contributed by atoms with E-state index in [2.05, 4.69) is 20.7 Å². The Balaban J connectivity index is 1.42. The van der Waals surface area contributed by atoms with Crippen LogP contribution in [0.2, 0.25) is 0 Å². The van der Waals surface area contributed by atoms with Crippen molar-refractivity contribution in [3.05, 3.63) is 58.9 Å². The van der Waals surface area contributed by atoms with E-state index in [-0.39, 0.29) is 5.91 Å². The van der Waals surface area contributed by atoms with Gasteiger partial charge < -0.3 is 5.32 Å². The molecule has 26 heavy (non-hydrogen) atoms. The minimum absolute atomic E-state index is 0.139. The summed E-state index contributed by atoms with van der Waals surface area (Å²) in [5, 5.41) is 11.3. The molecule has 0 unspecified atom stereocenters. The normalized spacial score (nSPS) is 15.1. The van der Waals surface area contributed by atoms with Gasteiger partial charge in [0.1, 0.15) is 0 Å². The second-order valence-electron chi connectivity index (χ2n) is 6.49. The second-order valence-corrected chi connectivity index (χ2v) is 7.56. The zero-order valence-electron chi connectivity index (χ0n) is 14.6. The molecule has 1 aromatic carbocycles. The van der Waals surface area contributed by atoms with Gasteiger partial charge in [0.15, 0.2) is 5.13 Å². The van der Waals surface area contributed by atoms with Crippen LogP contribution < -0.4 is 10.6 Å². The molecule has 0 atom stereocenters. The summed E-state index contributed by atoms with van der Waals surface area (Å²) in [4.78, 5) is 18.1. The maximum Gasteiger partial charge on any atom is 0.257 e. The van der Waals surface area contributed by atoms with E-state index in [9.17, 15) is 4.79 Å². The molecule has 3 heterocycles. The lowest BCUT2D eigenvalue weighted by Gasteiger charge is -2.20. The van der Waals surface area contributed by atoms with Gasteiger partial charge in [-0.25, -0.2) is 9.67 Å². The molecule has 4 rings (SSSR count). The summed E-state index contributed by atoms with van der Waals surface area (Å²) >= 11 is 1.58. The molecule has 1 amide bonds. The monoisotopic (exact) mass is 367 g/mol. The molecule has 1 fully saturated rings. The number of carbonyl (C=O) groups excluding carboxylic acids is 1. The van der Waals surface area contributed by atoms with Crippen molar-refractivity contribution in [2.24, 2.45) is 0 Å². The molecule has 1 aliphatic heterocycles. The third kappa shape index (κ3) is 3.68. The molecule has 1 saturated heterocycles. The number of aromatic nitrogens is 3. The number of hydrogen-bond donors (Lipinski definition) is 2. The van der Waals surface area contributed by atoms with Crippen LogP contribution in [-0.2, 0) is 0 Å². The minimum atomic E-state index is -0.139. The van der Waals surface area contributed by atoms with Crippen LogP contribution in [-0.4, -0.2) is 33.8 Å². The van der Waals surface area contributed by atoms with Gasteiger partial charge in [-0.3, -0.25) is 10.1 Å². The Hall–Kier alpha value is -2.51. The molecule has 0 saturated carbocycles. The number of aryl methyl sites for hydroxylation is 1. The molecule has 134 valence electrons. The van der Waals surface area contributed by atoms with Crippen LogP contribution in [0.25, 0.3) is 5.69 Å². The summed E-state index contributed by atoms with van der Waals surface area (Å²) in [6.07, 6.45) is 6.07. The number of nitrogens with zero attached hydrogens (tertiary/aromatic N) is 3. The third-order valence-electron chi connectivity index (χ3n) is 4.60. The number of benzene rings is 1. The lowest BCUT2D eigenvalue weighted by molar-refractivity contribution is 0.102. The molecule has 2 aromatic heterocycles. The van der Waals surface area contributed by atoms with E-state index in [0.717, 1.165) is 37.3 Å². The summed E-state index contributed by atoms with van der Waals surface area (Å²) in [6, 6.07) is 9.35. The molecule has 2 N–H and O–H groups in total. The lowest BCUT2D eigenvalue weighted by Crippen LogP contribution is -2.26. The van der Waals surface area contributed by atoms with E-state index in [4.69, 9.17) is 0 Å². The fourth-order valence-corrected chi connectivity index (χ4v) is 4.11. The van der Waals surface area contributed by atoms with Gasteiger partial charge in [0.05, 0.1) is 11.4 Å².